The first-order chi connectivity index (χ1) is 13.3. The lowest BCUT2D eigenvalue weighted by Crippen LogP contribution is -2.74. The lowest BCUT2D eigenvalue weighted by Gasteiger charge is -2.32. The summed E-state index contributed by atoms with van der Waals surface area (Å²) in [7, 11) is 0. The second-order valence-electron chi connectivity index (χ2n) is 7.45. The molecule has 0 aliphatic carbocycles. The number of fused-ring (bicyclic) bond motifs is 2. The van der Waals surface area contributed by atoms with Crippen LogP contribution in [0, 0.1) is 6.92 Å². The molecule has 0 atom stereocenters. The molecule has 5 rings (SSSR count). The van der Waals surface area contributed by atoms with E-state index < -0.39 is 0 Å². The molecule has 1 aliphatic rings. The van der Waals surface area contributed by atoms with Crippen molar-refractivity contribution in [3.8, 4) is 0 Å². The van der Waals surface area contributed by atoms with E-state index in [1.54, 1.807) is 0 Å². The van der Waals surface area contributed by atoms with Crippen LogP contribution in [0.2, 0.25) is 0 Å². The summed E-state index contributed by atoms with van der Waals surface area (Å²) in [6.07, 6.45) is 0. The van der Waals surface area contributed by atoms with E-state index in [2.05, 4.69) is 110 Å². The zero-order valence-electron chi connectivity index (χ0n) is 15.5. The van der Waals surface area contributed by atoms with Gasteiger partial charge in [-0.05, 0) is 6.92 Å². The molecule has 0 fully saturated rings. The van der Waals surface area contributed by atoms with Gasteiger partial charge in [0.2, 0.25) is 13.4 Å². The molecule has 0 aromatic heterocycles. The molecule has 1 aliphatic heterocycles. The van der Waals surface area contributed by atoms with Gasteiger partial charge in [-0.3, -0.25) is 0 Å². The molecule has 2 heteroatoms. The van der Waals surface area contributed by atoms with Gasteiger partial charge < -0.3 is 0 Å². The molecular formula is C25H20B2. The van der Waals surface area contributed by atoms with Crippen LogP contribution < -0.4 is 32.8 Å². The summed E-state index contributed by atoms with van der Waals surface area (Å²) in [6, 6.07) is 37.9. The number of aryl methyl sites for hydroxylation is 1. The van der Waals surface area contributed by atoms with Crippen molar-refractivity contribution in [2.24, 2.45) is 0 Å². The van der Waals surface area contributed by atoms with E-state index in [9.17, 15) is 0 Å². The van der Waals surface area contributed by atoms with E-state index in [1.807, 2.05) is 0 Å². The van der Waals surface area contributed by atoms with E-state index in [0.29, 0.717) is 6.71 Å². The second-order valence-corrected chi connectivity index (χ2v) is 7.45. The average molecular weight is 342 g/mol. The van der Waals surface area contributed by atoms with Gasteiger partial charge in [-0.25, -0.2) is 0 Å². The quantitative estimate of drug-likeness (QED) is 0.425. The van der Waals surface area contributed by atoms with Crippen LogP contribution in [0.1, 0.15) is 5.56 Å². The number of benzene rings is 4. The van der Waals surface area contributed by atoms with Gasteiger partial charge in [0.15, 0.2) is 0 Å². The minimum absolute atomic E-state index is 0.290. The smallest absolute Gasteiger partial charge is 0.0733 e. The van der Waals surface area contributed by atoms with Crippen molar-refractivity contribution in [1.29, 1.82) is 0 Å². The van der Waals surface area contributed by atoms with Gasteiger partial charge in [0.05, 0.1) is 0 Å². The van der Waals surface area contributed by atoms with E-state index in [-0.39, 0.29) is 6.71 Å². The van der Waals surface area contributed by atoms with Crippen molar-refractivity contribution in [3.05, 3.63) is 109 Å². The topological polar surface area (TPSA) is 0 Å². The Bertz CT molecular complexity index is 1040. The summed E-state index contributed by atoms with van der Waals surface area (Å²) in [5.41, 5.74) is 9.73. The zero-order valence-corrected chi connectivity index (χ0v) is 15.5. The van der Waals surface area contributed by atoms with Gasteiger partial charge in [0.25, 0.3) is 0 Å². The highest BCUT2D eigenvalue weighted by atomic mass is 14.1. The van der Waals surface area contributed by atoms with Gasteiger partial charge in [-0.15, -0.1) is 0 Å². The Labute approximate surface area is 162 Å². The Hall–Kier alpha value is -2.99. The standard InChI is InChI=1S/C25H20B2/c1-19-15-17-21(18-16-19)27-24-13-7-5-11-22(24)26(20-9-3-2-4-10-20)23-12-6-8-14-25(23)27/h2-18H,1H3. The van der Waals surface area contributed by atoms with Crippen molar-refractivity contribution in [3.63, 3.8) is 0 Å². The number of rotatable bonds is 2. The van der Waals surface area contributed by atoms with E-state index in [1.165, 1.54) is 38.3 Å². The predicted octanol–water partition coefficient (Wildman–Crippen LogP) is 1.34. The number of hydrogen-bond donors (Lipinski definition) is 0. The van der Waals surface area contributed by atoms with Crippen molar-refractivity contribution >= 4 is 46.2 Å². The first-order valence-corrected chi connectivity index (χ1v) is 9.62. The summed E-state index contributed by atoms with van der Waals surface area (Å²) in [5, 5.41) is 0. The maximum Gasteiger partial charge on any atom is 0.240 e. The molecule has 0 radical (unpaired) electrons. The summed E-state index contributed by atoms with van der Waals surface area (Å²) < 4.78 is 0. The minimum atomic E-state index is 0.290. The van der Waals surface area contributed by atoms with Crippen LogP contribution in [0.4, 0.5) is 0 Å². The summed E-state index contributed by atoms with van der Waals surface area (Å²) in [5.74, 6) is 0. The molecule has 0 saturated carbocycles. The molecule has 0 bridgehead atoms. The minimum Gasteiger partial charge on any atom is -0.0733 e. The number of hydrogen-bond acceptors (Lipinski definition) is 0. The van der Waals surface area contributed by atoms with Crippen LogP contribution in [-0.4, -0.2) is 13.4 Å². The molecule has 4 aromatic carbocycles. The Kier molecular flexibility index (Phi) is 3.98. The fourth-order valence-electron chi connectivity index (χ4n) is 4.53. The van der Waals surface area contributed by atoms with Crippen LogP contribution in [0.5, 0.6) is 0 Å². The maximum absolute atomic E-state index is 2.31. The molecule has 0 spiro atoms. The van der Waals surface area contributed by atoms with Crippen LogP contribution in [0.15, 0.2) is 103 Å². The van der Waals surface area contributed by atoms with Crippen LogP contribution in [-0.2, 0) is 0 Å². The van der Waals surface area contributed by atoms with Gasteiger partial charge in [0.1, 0.15) is 0 Å². The summed E-state index contributed by atoms with van der Waals surface area (Å²) >= 11 is 0. The Morgan fingerprint density at radius 3 is 1.22 bits per heavy atom. The molecular weight excluding hydrogens is 322 g/mol. The first-order valence-electron chi connectivity index (χ1n) is 9.62. The van der Waals surface area contributed by atoms with E-state index in [4.69, 9.17) is 0 Å². The monoisotopic (exact) mass is 342 g/mol. The Morgan fingerprint density at radius 1 is 0.407 bits per heavy atom. The fourth-order valence-corrected chi connectivity index (χ4v) is 4.53. The maximum atomic E-state index is 2.31. The molecule has 0 N–H and O–H groups in total. The third-order valence-corrected chi connectivity index (χ3v) is 5.78. The van der Waals surface area contributed by atoms with Crippen molar-refractivity contribution in [2.75, 3.05) is 0 Å². The molecule has 1 heterocycles. The van der Waals surface area contributed by atoms with Gasteiger partial charge in [-0.1, -0.05) is 141 Å². The average Bonchev–Trinajstić information content (AvgIpc) is 2.73. The fraction of sp³-hybridized carbons (Fsp3) is 0.0400. The molecule has 0 amide bonds. The van der Waals surface area contributed by atoms with Crippen molar-refractivity contribution < 1.29 is 0 Å². The lowest BCUT2D eigenvalue weighted by atomic mass is 9.21. The Morgan fingerprint density at radius 2 is 0.778 bits per heavy atom. The van der Waals surface area contributed by atoms with E-state index in [0.717, 1.165) is 0 Å². The molecule has 126 valence electrons. The molecule has 0 saturated heterocycles. The summed E-state index contributed by atoms with van der Waals surface area (Å²) in [6.45, 7) is 2.73. The van der Waals surface area contributed by atoms with Gasteiger partial charge in [-0.2, -0.15) is 0 Å². The third-order valence-electron chi connectivity index (χ3n) is 5.78. The lowest BCUT2D eigenvalue weighted by molar-refractivity contribution is 1.49. The normalized spacial score (nSPS) is 12.5. The van der Waals surface area contributed by atoms with Crippen LogP contribution in [0.3, 0.4) is 0 Å². The molecule has 27 heavy (non-hydrogen) atoms. The van der Waals surface area contributed by atoms with E-state index >= 15 is 0 Å². The largest absolute Gasteiger partial charge is 0.240 e. The predicted molar refractivity (Wildman–Crippen MR) is 120 cm³/mol. The highest BCUT2D eigenvalue weighted by Gasteiger charge is 2.37. The SMILES string of the molecule is Cc1ccc(B2c3ccccc3B(c3ccccc3)c3ccccc32)cc1. The molecule has 4 aromatic rings. The van der Waals surface area contributed by atoms with Crippen molar-refractivity contribution in [1.82, 2.24) is 0 Å². The third kappa shape index (κ3) is 2.73. The molecule has 0 nitrogen and oxygen atoms in total. The first kappa shape index (κ1) is 16.2. The highest BCUT2D eigenvalue weighted by Crippen LogP contribution is 2.03. The molecule has 0 unspecified atom stereocenters. The van der Waals surface area contributed by atoms with Gasteiger partial charge in [0, 0.05) is 0 Å². The van der Waals surface area contributed by atoms with Crippen molar-refractivity contribution in [2.45, 2.75) is 6.92 Å². The van der Waals surface area contributed by atoms with Crippen LogP contribution >= 0.6 is 0 Å². The zero-order chi connectivity index (χ0) is 18.2. The highest BCUT2D eigenvalue weighted by molar-refractivity contribution is 7.11. The Balaban J connectivity index is 1.78. The van der Waals surface area contributed by atoms with Gasteiger partial charge >= 0.3 is 0 Å². The summed E-state index contributed by atoms with van der Waals surface area (Å²) in [4.78, 5) is 0. The second kappa shape index (κ2) is 6.63. The van der Waals surface area contributed by atoms with Crippen LogP contribution in [0.25, 0.3) is 0 Å².